The van der Waals surface area contributed by atoms with Crippen LogP contribution in [0.1, 0.15) is 10.4 Å². The van der Waals surface area contributed by atoms with E-state index in [1.165, 1.54) is 19.2 Å². The number of imidazole rings is 1. The third-order valence-electron chi connectivity index (χ3n) is 4.29. The molecule has 0 fully saturated rings. The van der Waals surface area contributed by atoms with Crippen molar-refractivity contribution < 1.29 is 19.0 Å². The molecule has 2 aromatic carbocycles. The van der Waals surface area contributed by atoms with Gasteiger partial charge in [0.15, 0.2) is 0 Å². The fourth-order valence-electron chi connectivity index (χ4n) is 2.93. The van der Waals surface area contributed by atoms with Crippen LogP contribution in [0.25, 0.3) is 33.3 Å². The number of pyridine rings is 1. The normalized spacial score (nSPS) is 11.2. The largest absolute Gasteiger partial charge is 0.502 e. The summed E-state index contributed by atoms with van der Waals surface area (Å²) in [6.45, 7) is 0. The molecule has 0 unspecified atom stereocenters. The summed E-state index contributed by atoms with van der Waals surface area (Å²) >= 11 is 0. The van der Waals surface area contributed by atoms with Crippen LogP contribution in [0.3, 0.4) is 0 Å². The monoisotopic (exact) mass is 368 g/mol. The highest BCUT2D eigenvalue weighted by Crippen LogP contribution is 2.33. The van der Waals surface area contributed by atoms with Gasteiger partial charge in [0.2, 0.25) is 5.75 Å². The minimum Gasteiger partial charge on any atom is -0.502 e. The molecule has 8 nitrogen and oxygen atoms in total. The number of methoxy groups -OCH3 is 1. The molecule has 0 bridgehead atoms. The number of carbonyl (C=O) groups is 1. The van der Waals surface area contributed by atoms with Gasteiger partial charge in [0.05, 0.1) is 45.9 Å². The van der Waals surface area contributed by atoms with Gasteiger partial charge in [-0.05, 0) is 30.3 Å². The topological polar surface area (TPSA) is 134 Å². The van der Waals surface area contributed by atoms with E-state index >= 15 is 4.39 Å². The van der Waals surface area contributed by atoms with Crippen molar-refractivity contribution in [2.24, 2.45) is 0 Å². The van der Waals surface area contributed by atoms with Crippen LogP contribution >= 0.6 is 0 Å². The molecule has 0 aliphatic heterocycles. The SMILES string of the molecule is COC(=O)c1ccc2nc(-c3ccc4[nH]c(=O)c(O)c(N)c4c3F)[nH]c2c1. The van der Waals surface area contributed by atoms with E-state index in [0.717, 1.165) is 0 Å². The summed E-state index contributed by atoms with van der Waals surface area (Å²) in [6.07, 6.45) is 0. The number of nitrogens with two attached hydrogens (primary N) is 1. The van der Waals surface area contributed by atoms with Crippen LogP contribution < -0.4 is 11.3 Å². The fraction of sp³-hybridized carbons (Fsp3) is 0.0556. The number of hydrogen-bond acceptors (Lipinski definition) is 6. The maximum absolute atomic E-state index is 15.1. The summed E-state index contributed by atoms with van der Waals surface area (Å²) in [4.78, 5) is 32.9. The lowest BCUT2D eigenvalue weighted by molar-refractivity contribution is 0.0601. The molecule has 0 saturated heterocycles. The Morgan fingerprint density at radius 2 is 2.00 bits per heavy atom. The maximum atomic E-state index is 15.1. The zero-order chi connectivity index (χ0) is 19.3. The average molecular weight is 368 g/mol. The van der Waals surface area contributed by atoms with E-state index in [9.17, 15) is 14.7 Å². The van der Waals surface area contributed by atoms with Crippen molar-refractivity contribution in [3.63, 3.8) is 0 Å². The minimum absolute atomic E-state index is 0.0940. The van der Waals surface area contributed by atoms with E-state index in [-0.39, 0.29) is 28.0 Å². The van der Waals surface area contributed by atoms with Gasteiger partial charge >= 0.3 is 5.97 Å². The van der Waals surface area contributed by atoms with Gasteiger partial charge < -0.3 is 25.5 Å². The highest BCUT2D eigenvalue weighted by molar-refractivity contribution is 5.97. The number of ether oxygens (including phenoxy) is 1. The first-order chi connectivity index (χ1) is 12.9. The first-order valence-corrected chi connectivity index (χ1v) is 7.82. The number of carbonyl (C=O) groups excluding carboxylic acids is 1. The third kappa shape index (κ3) is 2.48. The van der Waals surface area contributed by atoms with Crippen LogP contribution in [-0.2, 0) is 4.74 Å². The van der Waals surface area contributed by atoms with Crippen molar-refractivity contribution in [3.05, 3.63) is 52.1 Å². The molecule has 0 amide bonds. The molecule has 2 aromatic heterocycles. The Morgan fingerprint density at radius 3 is 2.74 bits per heavy atom. The number of halogens is 1. The molecule has 0 aliphatic carbocycles. The Kier molecular flexibility index (Phi) is 3.58. The van der Waals surface area contributed by atoms with E-state index < -0.39 is 23.1 Å². The number of aromatic nitrogens is 3. The number of aromatic hydroxyl groups is 1. The van der Waals surface area contributed by atoms with Crippen molar-refractivity contribution >= 4 is 33.6 Å². The van der Waals surface area contributed by atoms with Crippen LogP contribution in [0, 0.1) is 5.82 Å². The van der Waals surface area contributed by atoms with Gasteiger partial charge in [0.25, 0.3) is 5.56 Å². The number of nitrogens with one attached hydrogen (secondary N) is 2. The second kappa shape index (κ2) is 5.84. The standard InChI is InChI=1S/C18H13FN4O4/c1-27-18(26)7-2-4-9-11(6-7)22-16(21-9)8-3-5-10-12(13(8)19)14(20)15(24)17(25)23-10/h2-6,24H,1H3,(H,21,22)(H3,20,23,25). The van der Waals surface area contributed by atoms with E-state index in [1.54, 1.807) is 18.2 Å². The van der Waals surface area contributed by atoms with Crippen LogP contribution in [-0.4, -0.2) is 33.1 Å². The number of anilines is 1. The number of nitrogens with zero attached hydrogens (tertiary/aromatic N) is 1. The number of benzene rings is 2. The lowest BCUT2D eigenvalue weighted by Gasteiger charge is -2.08. The third-order valence-corrected chi connectivity index (χ3v) is 4.29. The second-order valence-corrected chi connectivity index (χ2v) is 5.87. The smallest absolute Gasteiger partial charge is 0.337 e. The first-order valence-electron chi connectivity index (χ1n) is 7.82. The second-order valence-electron chi connectivity index (χ2n) is 5.87. The van der Waals surface area contributed by atoms with Crippen molar-refractivity contribution in [1.82, 2.24) is 15.0 Å². The number of rotatable bonds is 2. The van der Waals surface area contributed by atoms with E-state index in [4.69, 9.17) is 5.73 Å². The molecule has 4 aromatic rings. The fourth-order valence-corrected chi connectivity index (χ4v) is 2.93. The number of hydrogen-bond donors (Lipinski definition) is 4. The van der Waals surface area contributed by atoms with Gasteiger partial charge in [-0.15, -0.1) is 0 Å². The van der Waals surface area contributed by atoms with Gasteiger partial charge in [0.1, 0.15) is 11.6 Å². The Morgan fingerprint density at radius 1 is 1.22 bits per heavy atom. The molecule has 136 valence electrons. The quantitative estimate of drug-likeness (QED) is 0.401. The number of H-pyrrole nitrogens is 2. The Bertz CT molecular complexity index is 1290. The van der Waals surface area contributed by atoms with Gasteiger partial charge in [-0.3, -0.25) is 4.79 Å². The molecule has 0 spiro atoms. The Hall–Kier alpha value is -3.88. The van der Waals surface area contributed by atoms with Crippen LogP contribution in [0.4, 0.5) is 10.1 Å². The van der Waals surface area contributed by atoms with Crippen LogP contribution in [0.15, 0.2) is 35.1 Å². The van der Waals surface area contributed by atoms with Gasteiger partial charge in [-0.2, -0.15) is 0 Å². The Balaban J connectivity index is 1.93. The summed E-state index contributed by atoms with van der Waals surface area (Å²) in [5.41, 5.74) is 6.18. The molecular weight excluding hydrogens is 355 g/mol. The van der Waals surface area contributed by atoms with Crippen molar-refractivity contribution in [1.29, 1.82) is 0 Å². The van der Waals surface area contributed by atoms with Crippen LogP contribution in [0.2, 0.25) is 0 Å². The van der Waals surface area contributed by atoms with Gasteiger partial charge in [-0.1, -0.05) is 0 Å². The molecule has 0 radical (unpaired) electrons. The zero-order valence-corrected chi connectivity index (χ0v) is 14.0. The molecule has 4 rings (SSSR count). The van der Waals surface area contributed by atoms with Gasteiger partial charge in [0, 0.05) is 0 Å². The summed E-state index contributed by atoms with van der Waals surface area (Å²) in [5, 5.41) is 9.60. The summed E-state index contributed by atoms with van der Waals surface area (Å²) in [7, 11) is 1.28. The highest BCUT2D eigenvalue weighted by atomic mass is 19.1. The van der Waals surface area contributed by atoms with Crippen LogP contribution in [0.5, 0.6) is 5.75 Å². The van der Waals surface area contributed by atoms with E-state index in [0.29, 0.717) is 16.6 Å². The van der Waals surface area contributed by atoms with Crippen molar-refractivity contribution in [3.8, 4) is 17.1 Å². The summed E-state index contributed by atoms with van der Waals surface area (Å²) < 4.78 is 19.7. The van der Waals surface area contributed by atoms with E-state index in [1.807, 2.05) is 0 Å². The number of nitrogen functional groups attached to an aromatic ring is 1. The average Bonchev–Trinajstić information content (AvgIpc) is 3.08. The molecule has 2 heterocycles. The summed E-state index contributed by atoms with van der Waals surface area (Å²) in [5.74, 6) is -1.79. The predicted octanol–water partition coefficient (Wildman–Crippen LogP) is 2.28. The number of aromatic amines is 2. The lowest BCUT2D eigenvalue weighted by Crippen LogP contribution is -2.09. The van der Waals surface area contributed by atoms with Crippen molar-refractivity contribution in [2.75, 3.05) is 12.8 Å². The number of esters is 1. The molecule has 0 atom stereocenters. The molecule has 5 N–H and O–H groups in total. The predicted molar refractivity (Wildman–Crippen MR) is 97.0 cm³/mol. The number of fused-ring (bicyclic) bond motifs is 2. The maximum Gasteiger partial charge on any atom is 0.337 e. The first kappa shape index (κ1) is 16.6. The highest BCUT2D eigenvalue weighted by Gasteiger charge is 2.18. The van der Waals surface area contributed by atoms with Crippen molar-refractivity contribution in [2.45, 2.75) is 0 Å². The Labute approximate surface area is 150 Å². The minimum atomic E-state index is -0.800. The van der Waals surface area contributed by atoms with E-state index in [2.05, 4.69) is 19.7 Å². The molecule has 0 saturated carbocycles. The molecule has 27 heavy (non-hydrogen) atoms. The van der Waals surface area contributed by atoms with Gasteiger partial charge in [-0.25, -0.2) is 14.2 Å². The molecule has 9 heteroatoms. The molecule has 0 aliphatic rings. The lowest BCUT2D eigenvalue weighted by atomic mass is 10.1. The molecular formula is C18H13FN4O4. The summed E-state index contributed by atoms with van der Waals surface area (Å²) in [6, 6.07) is 7.61. The zero-order valence-electron chi connectivity index (χ0n) is 14.0.